The van der Waals surface area contributed by atoms with E-state index in [0.29, 0.717) is 10.9 Å². The fourth-order valence-corrected chi connectivity index (χ4v) is 5.14. The lowest BCUT2D eigenvalue weighted by Gasteiger charge is -2.21. The van der Waals surface area contributed by atoms with Gasteiger partial charge in [0, 0.05) is 31.1 Å². The van der Waals surface area contributed by atoms with Gasteiger partial charge in [0.15, 0.2) is 0 Å². The molecule has 0 saturated carbocycles. The van der Waals surface area contributed by atoms with Crippen LogP contribution in [0.4, 0.5) is 4.39 Å². The van der Waals surface area contributed by atoms with Gasteiger partial charge < -0.3 is 5.32 Å². The van der Waals surface area contributed by atoms with Crippen LogP contribution in [0.2, 0.25) is 0 Å². The summed E-state index contributed by atoms with van der Waals surface area (Å²) in [6, 6.07) is 17.5. The summed E-state index contributed by atoms with van der Waals surface area (Å²) in [6.45, 7) is -0.397. The molecule has 0 bridgehead atoms. The Hall–Kier alpha value is -2.84. The zero-order valence-electron chi connectivity index (χ0n) is 15.6. The Morgan fingerprint density at radius 2 is 1.86 bits per heavy atom. The summed E-state index contributed by atoms with van der Waals surface area (Å²) in [4.78, 5) is 16.6. The van der Waals surface area contributed by atoms with Gasteiger partial charge in [-0.05, 0) is 17.7 Å². The van der Waals surface area contributed by atoms with Gasteiger partial charge >= 0.3 is 0 Å². The second-order valence-electron chi connectivity index (χ2n) is 7.05. The number of carbonyl (C=O) groups excluding carboxylic acids is 1. The number of hydrogen-bond acceptors (Lipinski definition) is 4. The van der Waals surface area contributed by atoms with Gasteiger partial charge in [0.2, 0.25) is 15.7 Å². The third-order valence-corrected chi connectivity index (χ3v) is 6.98. The van der Waals surface area contributed by atoms with Crippen molar-refractivity contribution in [3.05, 3.63) is 72.4 Å². The van der Waals surface area contributed by atoms with Crippen LogP contribution >= 0.6 is 0 Å². The molecule has 1 atom stereocenters. The number of hydrogen-bond donors (Lipinski definition) is 1. The largest absolute Gasteiger partial charge is 0.349 e. The fraction of sp³-hybridized carbons (Fsp3) is 0.238. The number of nitrogens with zero attached hydrogens (tertiary/aromatic N) is 2. The zero-order valence-corrected chi connectivity index (χ0v) is 16.4. The molecule has 1 aromatic heterocycles. The lowest BCUT2D eigenvalue weighted by Crippen LogP contribution is -2.45. The highest BCUT2D eigenvalue weighted by Crippen LogP contribution is 2.32. The van der Waals surface area contributed by atoms with Gasteiger partial charge in [0.1, 0.15) is 4.90 Å². The topological polar surface area (TPSA) is 79.4 Å². The van der Waals surface area contributed by atoms with Crippen LogP contribution < -0.4 is 5.32 Å². The Morgan fingerprint density at radius 3 is 2.66 bits per heavy atom. The number of halogens is 1. The van der Waals surface area contributed by atoms with E-state index in [1.54, 1.807) is 24.3 Å². The quantitative estimate of drug-likeness (QED) is 0.698. The maximum absolute atomic E-state index is 15.3. The van der Waals surface area contributed by atoms with E-state index in [9.17, 15) is 13.2 Å². The molecule has 1 saturated heterocycles. The van der Waals surface area contributed by atoms with E-state index in [0.717, 1.165) is 9.87 Å². The van der Waals surface area contributed by atoms with Crippen LogP contribution in [0.25, 0.3) is 10.9 Å². The number of nitrogens with one attached hydrogen (secondary N) is 1. The van der Waals surface area contributed by atoms with Crippen molar-refractivity contribution in [1.29, 1.82) is 0 Å². The number of carbonyl (C=O) groups is 1. The highest BCUT2D eigenvalue weighted by molar-refractivity contribution is 7.89. The Morgan fingerprint density at radius 1 is 1.10 bits per heavy atom. The fourth-order valence-electron chi connectivity index (χ4n) is 3.49. The normalized spacial score (nSPS) is 20.0. The molecule has 8 heteroatoms. The van der Waals surface area contributed by atoms with Crippen molar-refractivity contribution >= 4 is 26.8 Å². The highest BCUT2D eigenvalue weighted by atomic mass is 32.2. The first-order valence-corrected chi connectivity index (χ1v) is 10.7. The van der Waals surface area contributed by atoms with Crippen LogP contribution in [0, 0.1) is 0 Å². The van der Waals surface area contributed by atoms with Gasteiger partial charge in [-0.1, -0.05) is 48.5 Å². The molecule has 1 aliphatic rings. The third kappa shape index (κ3) is 3.73. The van der Waals surface area contributed by atoms with Crippen LogP contribution in [0.3, 0.4) is 0 Å². The van der Waals surface area contributed by atoms with E-state index < -0.39 is 28.1 Å². The standard InChI is InChI=1S/C21H20FN3O3S/c22-21(20(26)24-14-16-6-2-1-3-7-16)11-13-25(15-21)29(27,28)18-10-4-8-17-9-5-12-23-19(17)18/h1-10,12H,11,13-15H2,(H,24,26)/t21-/m0/s1. The van der Waals surface area contributed by atoms with Crippen molar-refractivity contribution in [1.82, 2.24) is 14.6 Å². The van der Waals surface area contributed by atoms with Gasteiger partial charge in [0.05, 0.1) is 12.1 Å². The molecule has 1 amide bonds. The monoisotopic (exact) mass is 413 g/mol. The summed E-state index contributed by atoms with van der Waals surface area (Å²) in [6.07, 6.45) is 1.33. The van der Waals surface area contributed by atoms with E-state index in [2.05, 4.69) is 10.3 Å². The smallest absolute Gasteiger partial charge is 0.259 e. The number of para-hydroxylation sites is 1. The van der Waals surface area contributed by atoms with Crippen molar-refractivity contribution in [2.45, 2.75) is 23.5 Å². The molecule has 0 unspecified atom stereocenters. The Labute approximate surface area is 168 Å². The molecule has 4 rings (SSSR count). The minimum atomic E-state index is -3.99. The molecule has 29 heavy (non-hydrogen) atoms. The first kappa shape index (κ1) is 19.5. The van der Waals surface area contributed by atoms with Crippen LogP contribution in [-0.2, 0) is 21.4 Å². The molecule has 1 aliphatic heterocycles. The molecular weight excluding hydrogens is 393 g/mol. The second kappa shape index (κ2) is 7.53. The number of fused-ring (bicyclic) bond motifs is 1. The molecule has 0 aliphatic carbocycles. The average molecular weight is 413 g/mol. The van der Waals surface area contributed by atoms with Crippen molar-refractivity contribution < 1.29 is 17.6 Å². The zero-order chi connectivity index (χ0) is 20.5. The van der Waals surface area contributed by atoms with Gasteiger partial charge in [0.25, 0.3) is 5.91 Å². The predicted molar refractivity (Wildman–Crippen MR) is 107 cm³/mol. The molecule has 6 nitrogen and oxygen atoms in total. The van der Waals surface area contributed by atoms with E-state index in [-0.39, 0.29) is 24.4 Å². The minimum absolute atomic E-state index is 0.0181. The number of amides is 1. The van der Waals surface area contributed by atoms with Crippen LogP contribution in [0.1, 0.15) is 12.0 Å². The van der Waals surface area contributed by atoms with Gasteiger partial charge in [-0.2, -0.15) is 4.31 Å². The summed E-state index contributed by atoms with van der Waals surface area (Å²) in [7, 11) is -3.99. The summed E-state index contributed by atoms with van der Waals surface area (Å²) in [5.41, 5.74) is -1.09. The van der Waals surface area contributed by atoms with E-state index in [1.807, 2.05) is 30.3 Å². The molecule has 0 spiro atoms. The van der Waals surface area contributed by atoms with Gasteiger partial charge in [-0.15, -0.1) is 0 Å². The Kier molecular flexibility index (Phi) is 5.06. The lowest BCUT2D eigenvalue weighted by molar-refractivity contribution is -0.132. The van der Waals surface area contributed by atoms with Crippen molar-refractivity contribution in [2.75, 3.05) is 13.1 Å². The molecule has 0 radical (unpaired) electrons. The van der Waals surface area contributed by atoms with Crippen molar-refractivity contribution in [3.63, 3.8) is 0 Å². The van der Waals surface area contributed by atoms with Crippen LogP contribution in [-0.4, -0.2) is 42.4 Å². The molecule has 2 aromatic carbocycles. The summed E-state index contributed by atoms with van der Waals surface area (Å²) in [5, 5.41) is 3.26. The Balaban J connectivity index is 1.53. The van der Waals surface area contributed by atoms with Crippen molar-refractivity contribution in [2.24, 2.45) is 0 Å². The van der Waals surface area contributed by atoms with E-state index in [4.69, 9.17) is 0 Å². The molecule has 2 heterocycles. The molecular formula is C21H20FN3O3S. The number of sulfonamides is 1. The summed E-state index contributed by atoms with van der Waals surface area (Å²) < 4.78 is 42.6. The number of rotatable bonds is 5. The molecule has 3 aromatic rings. The van der Waals surface area contributed by atoms with Gasteiger partial charge in [-0.25, -0.2) is 12.8 Å². The number of pyridine rings is 1. The maximum atomic E-state index is 15.3. The first-order valence-electron chi connectivity index (χ1n) is 9.25. The van der Waals surface area contributed by atoms with E-state index in [1.165, 1.54) is 12.3 Å². The number of aromatic nitrogens is 1. The van der Waals surface area contributed by atoms with E-state index >= 15 is 4.39 Å². The second-order valence-corrected chi connectivity index (χ2v) is 8.96. The summed E-state index contributed by atoms with van der Waals surface area (Å²) in [5.74, 6) is -0.796. The molecule has 150 valence electrons. The number of benzene rings is 2. The Bertz CT molecular complexity index is 1150. The number of alkyl halides is 1. The third-order valence-electron chi connectivity index (χ3n) is 5.10. The summed E-state index contributed by atoms with van der Waals surface area (Å²) >= 11 is 0. The first-order chi connectivity index (χ1) is 13.9. The lowest BCUT2D eigenvalue weighted by atomic mass is 10.0. The van der Waals surface area contributed by atoms with Crippen LogP contribution in [0.15, 0.2) is 71.8 Å². The minimum Gasteiger partial charge on any atom is -0.349 e. The highest BCUT2D eigenvalue weighted by Gasteiger charge is 2.49. The average Bonchev–Trinajstić information content (AvgIpc) is 3.16. The SMILES string of the molecule is O=C(NCc1ccccc1)[C@]1(F)CCN(S(=O)(=O)c2cccc3cccnc23)C1. The molecule has 1 N–H and O–H groups in total. The predicted octanol–water partition coefficient (Wildman–Crippen LogP) is 2.65. The van der Waals surface area contributed by atoms with Crippen molar-refractivity contribution in [3.8, 4) is 0 Å². The van der Waals surface area contributed by atoms with Crippen LogP contribution in [0.5, 0.6) is 0 Å². The van der Waals surface area contributed by atoms with Gasteiger partial charge in [-0.3, -0.25) is 9.78 Å². The maximum Gasteiger partial charge on any atom is 0.259 e. The molecule has 1 fully saturated rings.